The van der Waals surface area contributed by atoms with Crippen LogP contribution in [-0.2, 0) is 0 Å². The molecule has 31 heavy (non-hydrogen) atoms. The lowest BCUT2D eigenvalue weighted by Gasteiger charge is -2.31. The standard InChI is InChI=1S/C25H26FN3OS/c1-16(29-11-4-3-5-12-29)22-9-10-23(31-22)17-13-19-20(15-28-25(19)27-14-17)18-7-6-8-21(26)24(18)30-2/h6-10,13-16H,3-5,11-12H2,1-2H3,(H,27,28). The van der Waals surface area contributed by atoms with E-state index < -0.39 is 0 Å². The number of ether oxygens (including phenoxy) is 1. The predicted octanol–water partition coefficient (Wildman–Crippen LogP) is 6.65. The van der Waals surface area contributed by atoms with Crippen LogP contribution in [0.2, 0.25) is 0 Å². The normalized spacial score (nSPS) is 16.0. The van der Waals surface area contributed by atoms with Crippen molar-refractivity contribution in [1.82, 2.24) is 14.9 Å². The molecule has 0 radical (unpaired) electrons. The molecule has 4 heterocycles. The highest BCUT2D eigenvalue weighted by Gasteiger charge is 2.20. The van der Waals surface area contributed by atoms with E-state index >= 15 is 0 Å². The molecule has 1 aromatic carbocycles. The molecule has 1 atom stereocenters. The second-order valence-electron chi connectivity index (χ2n) is 8.12. The highest BCUT2D eigenvalue weighted by atomic mass is 32.1. The van der Waals surface area contributed by atoms with Crippen molar-refractivity contribution in [3.05, 3.63) is 59.5 Å². The lowest BCUT2D eigenvalue weighted by Crippen LogP contribution is -2.31. The number of aromatic amines is 1. The molecule has 1 aliphatic heterocycles. The Morgan fingerprint density at radius 1 is 1.13 bits per heavy atom. The van der Waals surface area contributed by atoms with Gasteiger partial charge in [0.25, 0.3) is 0 Å². The van der Waals surface area contributed by atoms with E-state index in [4.69, 9.17) is 4.74 Å². The fourth-order valence-corrected chi connectivity index (χ4v) is 5.58. The summed E-state index contributed by atoms with van der Waals surface area (Å²) >= 11 is 1.83. The molecule has 3 aromatic heterocycles. The second kappa shape index (κ2) is 8.44. The molecule has 1 unspecified atom stereocenters. The number of H-pyrrole nitrogens is 1. The van der Waals surface area contributed by atoms with Gasteiger partial charge < -0.3 is 9.72 Å². The Balaban J connectivity index is 1.51. The fourth-order valence-electron chi connectivity index (χ4n) is 4.51. The van der Waals surface area contributed by atoms with E-state index in [2.05, 4.69) is 40.0 Å². The number of hydrogen-bond acceptors (Lipinski definition) is 4. The van der Waals surface area contributed by atoms with Crippen molar-refractivity contribution >= 4 is 22.4 Å². The number of nitrogens with one attached hydrogen (secondary N) is 1. The third-order valence-corrected chi connectivity index (χ3v) is 7.56. The number of methoxy groups -OCH3 is 1. The SMILES string of the molecule is COc1c(F)cccc1-c1c[nH]c2ncc(-c3ccc(C(C)N4CCCCC4)s3)cc12. The molecule has 5 rings (SSSR count). The third kappa shape index (κ3) is 3.75. The number of hydrogen-bond donors (Lipinski definition) is 1. The number of halogens is 1. The molecular weight excluding hydrogens is 409 g/mol. The Labute approximate surface area is 185 Å². The molecule has 1 aliphatic rings. The van der Waals surface area contributed by atoms with Gasteiger partial charge in [0.05, 0.1) is 7.11 Å². The number of pyridine rings is 1. The number of piperidine rings is 1. The van der Waals surface area contributed by atoms with Gasteiger partial charge in [-0.1, -0.05) is 18.6 Å². The molecule has 0 amide bonds. The third-order valence-electron chi connectivity index (χ3n) is 6.25. The molecule has 0 bridgehead atoms. The first-order valence-corrected chi connectivity index (χ1v) is 11.6. The second-order valence-corrected chi connectivity index (χ2v) is 9.23. The minimum absolute atomic E-state index is 0.252. The first kappa shape index (κ1) is 20.2. The number of likely N-dealkylation sites (tertiary alicyclic amines) is 1. The van der Waals surface area contributed by atoms with Gasteiger partial charge in [-0.2, -0.15) is 0 Å². The first-order chi connectivity index (χ1) is 15.2. The van der Waals surface area contributed by atoms with Crippen LogP contribution < -0.4 is 4.74 Å². The van der Waals surface area contributed by atoms with Crippen LogP contribution in [0.15, 0.2) is 48.8 Å². The van der Waals surface area contributed by atoms with Crippen molar-refractivity contribution in [1.29, 1.82) is 0 Å². The average Bonchev–Trinajstić information content (AvgIpc) is 3.46. The molecule has 0 spiro atoms. The highest BCUT2D eigenvalue weighted by Crippen LogP contribution is 2.39. The lowest BCUT2D eigenvalue weighted by atomic mass is 10.0. The fraction of sp³-hybridized carbons (Fsp3) is 0.320. The van der Waals surface area contributed by atoms with Crippen molar-refractivity contribution in [2.75, 3.05) is 20.2 Å². The van der Waals surface area contributed by atoms with Gasteiger partial charge in [0.1, 0.15) is 5.65 Å². The molecule has 6 heteroatoms. The van der Waals surface area contributed by atoms with Crippen LogP contribution in [0.3, 0.4) is 0 Å². The molecular formula is C25H26FN3OS. The Morgan fingerprint density at radius 3 is 2.77 bits per heavy atom. The maximum Gasteiger partial charge on any atom is 0.165 e. The molecule has 160 valence electrons. The average molecular weight is 436 g/mol. The summed E-state index contributed by atoms with van der Waals surface area (Å²) in [5.41, 5.74) is 3.46. The van der Waals surface area contributed by atoms with Gasteiger partial charge in [-0.15, -0.1) is 11.3 Å². The van der Waals surface area contributed by atoms with E-state index in [1.165, 1.54) is 55.3 Å². The molecule has 4 nitrogen and oxygen atoms in total. The van der Waals surface area contributed by atoms with E-state index in [-0.39, 0.29) is 11.6 Å². The van der Waals surface area contributed by atoms with Crippen molar-refractivity contribution in [3.8, 4) is 27.3 Å². The summed E-state index contributed by atoms with van der Waals surface area (Å²) in [6.07, 6.45) is 7.72. The number of fused-ring (bicyclic) bond motifs is 1. The van der Waals surface area contributed by atoms with Crippen molar-refractivity contribution in [2.24, 2.45) is 0 Å². The summed E-state index contributed by atoms with van der Waals surface area (Å²) in [5, 5.41) is 0.959. The Kier molecular flexibility index (Phi) is 5.50. The summed E-state index contributed by atoms with van der Waals surface area (Å²) in [6, 6.07) is 12.0. The van der Waals surface area contributed by atoms with Crippen LogP contribution in [0, 0.1) is 5.82 Å². The quantitative estimate of drug-likeness (QED) is 0.381. The van der Waals surface area contributed by atoms with Gasteiger partial charge in [0, 0.05) is 50.3 Å². The maximum atomic E-state index is 14.3. The monoisotopic (exact) mass is 435 g/mol. The first-order valence-electron chi connectivity index (χ1n) is 10.8. The summed E-state index contributed by atoms with van der Waals surface area (Å²) < 4.78 is 19.6. The zero-order valence-corrected chi connectivity index (χ0v) is 18.6. The topological polar surface area (TPSA) is 41.1 Å². The number of nitrogens with zero attached hydrogens (tertiary/aromatic N) is 2. The van der Waals surface area contributed by atoms with Crippen LogP contribution in [0.5, 0.6) is 5.75 Å². The summed E-state index contributed by atoms with van der Waals surface area (Å²) in [5.74, 6) is -0.115. The zero-order valence-electron chi connectivity index (χ0n) is 17.8. The van der Waals surface area contributed by atoms with Crippen LogP contribution in [0.25, 0.3) is 32.6 Å². The smallest absolute Gasteiger partial charge is 0.165 e. The predicted molar refractivity (Wildman–Crippen MR) is 125 cm³/mol. The van der Waals surface area contributed by atoms with Gasteiger partial charge in [0.15, 0.2) is 11.6 Å². The summed E-state index contributed by atoms with van der Waals surface area (Å²) in [6.45, 7) is 4.68. The van der Waals surface area contributed by atoms with E-state index in [0.717, 1.165) is 27.7 Å². The number of benzene rings is 1. The minimum Gasteiger partial charge on any atom is -0.493 e. The van der Waals surface area contributed by atoms with Gasteiger partial charge in [-0.3, -0.25) is 4.90 Å². The molecule has 4 aromatic rings. The Bertz CT molecular complexity index is 1210. The molecule has 0 aliphatic carbocycles. The maximum absolute atomic E-state index is 14.3. The van der Waals surface area contributed by atoms with Gasteiger partial charge in [0.2, 0.25) is 0 Å². The number of thiophene rings is 1. The minimum atomic E-state index is -0.368. The number of para-hydroxylation sites is 1. The summed E-state index contributed by atoms with van der Waals surface area (Å²) in [7, 11) is 1.50. The van der Waals surface area contributed by atoms with Crippen LogP contribution in [0.1, 0.15) is 37.1 Å². The molecule has 1 saturated heterocycles. The molecule has 1 N–H and O–H groups in total. The van der Waals surface area contributed by atoms with E-state index in [1.54, 1.807) is 6.07 Å². The van der Waals surface area contributed by atoms with Gasteiger partial charge in [-0.05, 0) is 57.1 Å². The van der Waals surface area contributed by atoms with Gasteiger partial charge >= 0.3 is 0 Å². The summed E-state index contributed by atoms with van der Waals surface area (Å²) in [4.78, 5) is 13.0. The molecule has 1 fully saturated rings. The van der Waals surface area contributed by atoms with Crippen LogP contribution >= 0.6 is 11.3 Å². The molecule has 0 saturated carbocycles. The lowest BCUT2D eigenvalue weighted by molar-refractivity contribution is 0.177. The number of aromatic nitrogens is 2. The Morgan fingerprint density at radius 2 is 1.97 bits per heavy atom. The van der Waals surface area contributed by atoms with Crippen molar-refractivity contribution in [3.63, 3.8) is 0 Å². The van der Waals surface area contributed by atoms with Crippen LogP contribution in [-0.4, -0.2) is 35.1 Å². The van der Waals surface area contributed by atoms with E-state index in [0.29, 0.717) is 6.04 Å². The van der Waals surface area contributed by atoms with Gasteiger partial charge in [-0.25, -0.2) is 9.37 Å². The largest absolute Gasteiger partial charge is 0.493 e. The van der Waals surface area contributed by atoms with E-state index in [9.17, 15) is 4.39 Å². The van der Waals surface area contributed by atoms with Crippen molar-refractivity contribution in [2.45, 2.75) is 32.2 Å². The van der Waals surface area contributed by atoms with Crippen LogP contribution in [0.4, 0.5) is 4.39 Å². The number of rotatable bonds is 5. The van der Waals surface area contributed by atoms with E-state index in [1.807, 2.05) is 29.8 Å². The zero-order chi connectivity index (χ0) is 21.4. The van der Waals surface area contributed by atoms with Crippen molar-refractivity contribution < 1.29 is 9.13 Å². The Hall–Kier alpha value is -2.70. The highest BCUT2D eigenvalue weighted by molar-refractivity contribution is 7.15.